The van der Waals surface area contributed by atoms with Crippen molar-refractivity contribution in [2.75, 3.05) is 13.1 Å². The van der Waals surface area contributed by atoms with E-state index in [0.717, 1.165) is 54.9 Å². The Morgan fingerprint density at radius 1 is 1.07 bits per heavy atom. The summed E-state index contributed by atoms with van der Waals surface area (Å²) < 4.78 is 0. The lowest BCUT2D eigenvalue weighted by Gasteiger charge is -2.31. The maximum Gasteiger partial charge on any atom is 0.253 e. The number of rotatable bonds is 4. The predicted octanol–water partition coefficient (Wildman–Crippen LogP) is 4.04. The molecule has 0 unspecified atom stereocenters. The van der Waals surface area contributed by atoms with Crippen molar-refractivity contribution < 1.29 is 4.79 Å². The van der Waals surface area contributed by atoms with Crippen LogP contribution in [-0.4, -0.2) is 33.9 Å². The molecule has 0 radical (unpaired) electrons. The van der Waals surface area contributed by atoms with E-state index in [2.05, 4.69) is 28.2 Å². The Hall–Kier alpha value is -3.39. The summed E-state index contributed by atoms with van der Waals surface area (Å²) >= 11 is 0. The molecule has 28 heavy (non-hydrogen) atoms. The second-order valence-corrected chi connectivity index (χ2v) is 7.24. The summed E-state index contributed by atoms with van der Waals surface area (Å²) in [7, 11) is 0. The summed E-state index contributed by atoms with van der Waals surface area (Å²) in [5, 5.41) is 8.88. The smallest absolute Gasteiger partial charge is 0.253 e. The molecule has 2 heterocycles. The van der Waals surface area contributed by atoms with Gasteiger partial charge in [-0.25, -0.2) is 4.98 Å². The summed E-state index contributed by atoms with van der Waals surface area (Å²) in [5.74, 6) is 1.45. The summed E-state index contributed by atoms with van der Waals surface area (Å²) in [6, 6.07) is 20.1. The zero-order valence-electron chi connectivity index (χ0n) is 15.6. The highest BCUT2D eigenvalue weighted by atomic mass is 16.2. The molecule has 140 valence electrons. The number of H-pyrrole nitrogens is 1. The Labute approximate surface area is 164 Å². The van der Waals surface area contributed by atoms with Gasteiger partial charge in [0.1, 0.15) is 17.6 Å². The maximum absolute atomic E-state index is 12.8. The molecule has 3 aromatic rings. The van der Waals surface area contributed by atoms with Crippen LogP contribution in [0.3, 0.4) is 0 Å². The molecule has 1 N–H and O–H groups in total. The third-order valence-corrected chi connectivity index (χ3v) is 5.37. The number of hydrogen-bond acceptors (Lipinski definition) is 3. The number of hydrogen-bond donors (Lipinski definition) is 1. The van der Waals surface area contributed by atoms with E-state index in [1.54, 1.807) is 6.20 Å². The van der Waals surface area contributed by atoms with E-state index in [1.165, 1.54) is 0 Å². The van der Waals surface area contributed by atoms with Crippen molar-refractivity contribution in [2.24, 2.45) is 5.92 Å². The molecule has 0 atom stereocenters. The topological polar surface area (TPSA) is 72.8 Å². The molecule has 5 heteroatoms. The Bertz CT molecular complexity index is 977. The van der Waals surface area contributed by atoms with Gasteiger partial charge in [-0.2, -0.15) is 5.26 Å². The van der Waals surface area contributed by atoms with Crippen LogP contribution in [0, 0.1) is 17.2 Å². The van der Waals surface area contributed by atoms with Crippen molar-refractivity contribution in [3.63, 3.8) is 0 Å². The van der Waals surface area contributed by atoms with Gasteiger partial charge in [0, 0.05) is 25.1 Å². The van der Waals surface area contributed by atoms with Crippen LogP contribution in [-0.2, 0) is 6.42 Å². The predicted molar refractivity (Wildman–Crippen MR) is 108 cm³/mol. The van der Waals surface area contributed by atoms with E-state index in [1.807, 2.05) is 47.4 Å². The number of nitriles is 1. The van der Waals surface area contributed by atoms with E-state index in [0.29, 0.717) is 11.6 Å². The number of imidazole rings is 1. The third kappa shape index (κ3) is 3.96. The summed E-state index contributed by atoms with van der Waals surface area (Å²) in [5.41, 5.74) is 3.51. The zero-order chi connectivity index (χ0) is 19.3. The molecule has 4 rings (SSSR count). The summed E-state index contributed by atoms with van der Waals surface area (Å²) in [4.78, 5) is 22.1. The second-order valence-electron chi connectivity index (χ2n) is 7.24. The molecule has 1 aromatic heterocycles. The monoisotopic (exact) mass is 370 g/mol. The van der Waals surface area contributed by atoms with Crippen LogP contribution in [0.5, 0.6) is 0 Å². The molecular formula is C23H22N4O. The quantitative estimate of drug-likeness (QED) is 0.753. The standard InChI is InChI=1S/C23H22N4O/c24-15-21-16-25-22(26-21)14-17-10-12-27(13-11-17)23(28)20-8-6-19(7-9-20)18-4-2-1-3-5-18/h1-9,16-17H,10-14H2,(H,25,26). The van der Waals surface area contributed by atoms with Crippen molar-refractivity contribution in [2.45, 2.75) is 19.3 Å². The Kier molecular flexibility index (Phi) is 5.20. The molecular weight excluding hydrogens is 348 g/mol. The lowest BCUT2D eigenvalue weighted by Crippen LogP contribution is -2.39. The minimum Gasteiger partial charge on any atom is -0.339 e. The normalized spacial score (nSPS) is 14.6. The molecule has 2 aromatic carbocycles. The maximum atomic E-state index is 12.8. The SMILES string of the molecule is N#Cc1cnc(CC2CCN(C(=O)c3ccc(-c4ccccc4)cc3)CC2)[nH]1. The van der Waals surface area contributed by atoms with Gasteiger partial charge < -0.3 is 9.88 Å². The number of nitrogens with zero attached hydrogens (tertiary/aromatic N) is 3. The molecule has 0 saturated carbocycles. The fourth-order valence-electron chi connectivity index (χ4n) is 3.76. The van der Waals surface area contributed by atoms with E-state index in [9.17, 15) is 4.79 Å². The van der Waals surface area contributed by atoms with Gasteiger partial charge in [-0.1, -0.05) is 42.5 Å². The fourth-order valence-corrected chi connectivity index (χ4v) is 3.76. The molecule has 1 saturated heterocycles. The lowest BCUT2D eigenvalue weighted by atomic mass is 9.93. The number of likely N-dealkylation sites (tertiary alicyclic amines) is 1. The van der Waals surface area contributed by atoms with Crippen LogP contribution < -0.4 is 0 Å². The number of aromatic nitrogens is 2. The van der Waals surface area contributed by atoms with E-state index < -0.39 is 0 Å². The van der Waals surface area contributed by atoms with Gasteiger partial charge in [0.2, 0.25) is 0 Å². The van der Waals surface area contributed by atoms with Crippen LogP contribution in [0.25, 0.3) is 11.1 Å². The average molecular weight is 370 g/mol. The Balaban J connectivity index is 1.34. The van der Waals surface area contributed by atoms with E-state index in [-0.39, 0.29) is 5.91 Å². The van der Waals surface area contributed by atoms with E-state index >= 15 is 0 Å². The molecule has 1 aliphatic heterocycles. The zero-order valence-corrected chi connectivity index (χ0v) is 15.6. The van der Waals surface area contributed by atoms with Gasteiger partial charge >= 0.3 is 0 Å². The highest BCUT2D eigenvalue weighted by Gasteiger charge is 2.24. The van der Waals surface area contributed by atoms with Gasteiger partial charge in [-0.05, 0) is 42.0 Å². The molecule has 5 nitrogen and oxygen atoms in total. The molecule has 1 fully saturated rings. The van der Waals surface area contributed by atoms with Gasteiger partial charge in [0.15, 0.2) is 0 Å². The first-order valence-electron chi connectivity index (χ1n) is 9.61. The van der Waals surface area contributed by atoms with E-state index in [4.69, 9.17) is 5.26 Å². The Morgan fingerprint density at radius 2 is 1.75 bits per heavy atom. The van der Waals surface area contributed by atoms with Crippen molar-refractivity contribution >= 4 is 5.91 Å². The van der Waals surface area contributed by atoms with Crippen molar-refractivity contribution in [3.05, 3.63) is 77.9 Å². The van der Waals surface area contributed by atoms with Crippen LogP contribution in [0.4, 0.5) is 0 Å². The van der Waals surface area contributed by atoms with Gasteiger partial charge in [-0.3, -0.25) is 4.79 Å². The number of aromatic amines is 1. The van der Waals surface area contributed by atoms with Gasteiger partial charge in [0.25, 0.3) is 5.91 Å². The van der Waals surface area contributed by atoms with Crippen LogP contribution in [0.1, 0.15) is 34.7 Å². The Morgan fingerprint density at radius 3 is 2.39 bits per heavy atom. The number of amides is 1. The summed E-state index contributed by atoms with van der Waals surface area (Å²) in [6.45, 7) is 1.52. The first kappa shape index (κ1) is 18.0. The largest absolute Gasteiger partial charge is 0.339 e. The molecule has 1 amide bonds. The average Bonchev–Trinajstić information content (AvgIpc) is 3.22. The van der Waals surface area contributed by atoms with Crippen molar-refractivity contribution in [1.82, 2.24) is 14.9 Å². The van der Waals surface area contributed by atoms with Crippen LogP contribution in [0.2, 0.25) is 0 Å². The number of nitrogens with one attached hydrogen (secondary N) is 1. The molecule has 1 aliphatic rings. The molecule has 0 aliphatic carbocycles. The minimum atomic E-state index is 0.0998. The van der Waals surface area contributed by atoms with Crippen molar-refractivity contribution in [1.29, 1.82) is 5.26 Å². The first-order valence-corrected chi connectivity index (χ1v) is 9.61. The fraction of sp³-hybridized carbons (Fsp3) is 0.261. The third-order valence-electron chi connectivity index (χ3n) is 5.37. The number of carbonyl (C=O) groups excluding carboxylic acids is 1. The highest BCUT2D eigenvalue weighted by molar-refractivity contribution is 5.94. The van der Waals surface area contributed by atoms with Gasteiger partial charge in [-0.15, -0.1) is 0 Å². The number of carbonyl (C=O) groups is 1. The van der Waals surface area contributed by atoms with Crippen molar-refractivity contribution in [3.8, 4) is 17.2 Å². The van der Waals surface area contributed by atoms with Gasteiger partial charge in [0.05, 0.1) is 6.20 Å². The van der Waals surface area contributed by atoms with Crippen LogP contribution in [0.15, 0.2) is 60.8 Å². The van der Waals surface area contributed by atoms with Crippen LogP contribution >= 0.6 is 0 Å². The summed E-state index contributed by atoms with van der Waals surface area (Å²) in [6.07, 6.45) is 4.31. The first-order chi connectivity index (χ1) is 13.7. The molecule has 0 bridgehead atoms. The number of piperidine rings is 1. The minimum absolute atomic E-state index is 0.0998. The lowest BCUT2D eigenvalue weighted by molar-refractivity contribution is 0.0690. The second kappa shape index (κ2) is 8.10. The number of benzene rings is 2. The molecule has 0 spiro atoms. The highest BCUT2D eigenvalue weighted by Crippen LogP contribution is 2.23.